The molecule has 0 aliphatic heterocycles. The molecular formula is C56H88O6. The largest absolute Gasteiger partial charge is 0.462 e. The highest BCUT2D eigenvalue weighted by Gasteiger charge is 2.19. The van der Waals surface area contributed by atoms with Crippen molar-refractivity contribution in [2.75, 3.05) is 13.2 Å². The number of ether oxygens (including phenoxy) is 3. The molecule has 0 spiro atoms. The molecule has 0 bridgehead atoms. The van der Waals surface area contributed by atoms with Gasteiger partial charge < -0.3 is 14.2 Å². The van der Waals surface area contributed by atoms with Gasteiger partial charge in [-0.15, -0.1) is 0 Å². The molecule has 0 aliphatic carbocycles. The fourth-order valence-corrected chi connectivity index (χ4v) is 6.24. The van der Waals surface area contributed by atoms with Crippen LogP contribution >= 0.6 is 0 Å². The van der Waals surface area contributed by atoms with Crippen LogP contribution in [0.25, 0.3) is 0 Å². The Bertz CT molecular complexity index is 1350. The van der Waals surface area contributed by atoms with Gasteiger partial charge in [-0.1, -0.05) is 219 Å². The molecule has 0 aromatic carbocycles. The lowest BCUT2D eigenvalue weighted by Gasteiger charge is -2.18. The van der Waals surface area contributed by atoms with Crippen LogP contribution in [-0.2, 0) is 28.6 Å². The third-order valence-corrected chi connectivity index (χ3v) is 9.90. The fourth-order valence-electron chi connectivity index (χ4n) is 6.24. The summed E-state index contributed by atoms with van der Waals surface area (Å²) in [5.74, 6) is -1.04. The first-order valence-corrected chi connectivity index (χ1v) is 24.7. The Kier molecular flexibility index (Phi) is 46.1. The van der Waals surface area contributed by atoms with Gasteiger partial charge >= 0.3 is 17.9 Å². The Balaban J connectivity index is 4.56. The number of esters is 3. The summed E-state index contributed by atoms with van der Waals surface area (Å²) in [5, 5.41) is 0. The summed E-state index contributed by atoms with van der Waals surface area (Å²) in [6.45, 7) is 6.24. The molecule has 0 N–H and O–H groups in total. The van der Waals surface area contributed by atoms with E-state index in [1.807, 2.05) is 79.0 Å². The molecule has 6 heteroatoms. The van der Waals surface area contributed by atoms with Gasteiger partial charge in [0.1, 0.15) is 13.2 Å². The van der Waals surface area contributed by atoms with Crippen LogP contribution in [-0.4, -0.2) is 37.2 Å². The maximum Gasteiger partial charge on any atom is 0.306 e. The van der Waals surface area contributed by atoms with Crippen LogP contribution in [0.5, 0.6) is 0 Å². The number of hydrogen-bond acceptors (Lipinski definition) is 6. The third kappa shape index (κ3) is 46.9. The van der Waals surface area contributed by atoms with Crippen molar-refractivity contribution in [3.63, 3.8) is 0 Å². The minimum absolute atomic E-state index is 0.118. The molecular weight excluding hydrogens is 769 g/mol. The average Bonchev–Trinajstić information content (AvgIpc) is 3.27. The van der Waals surface area contributed by atoms with Crippen molar-refractivity contribution in [2.24, 2.45) is 0 Å². The van der Waals surface area contributed by atoms with Crippen molar-refractivity contribution in [1.82, 2.24) is 0 Å². The van der Waals surface area contributed by atoms with E-state index < -0.39 is 6.10 Å². The fraction of sp³-hybridized carbons (Fsp3) is 0.589. The molecule has 0 saturated heterocycles. The van der Waals surface area contributed by atoms with E-state index in [0.29, 0.717) is 12.8 Å². The summed E-state index contributed by atoms with van der Waals surface area (Å²) < 4.78 is 16.7. The van der Waals surface area contributed by atoms with Crippen molar-refractivity contribution in [3.05, 3.63) is 122 Å². The summed E-state index contributed by atoms with van der Waals surface area (Å²) in [7, 11) is 0. The number of hydrogen-bond donors (Lipinski definition) is 0. The van der Waals surface area contributed by atoms with Crippen LogP contribution in [0.15, 0.2) is 122 Å². The molecule has 0 fully saturated rings. The van der Waals surface area contributed by atoms with Crippen molar-refractivity contribution in [3.8, 4) is 0 Å². The second-order valence-electron chi connectivity index (χ2n) is 15.8. The summed E-state index contributed by atoms with van der Waals surface area (Å²) in [6, 6.07) is 0. The van der Waals surface area contributed by atoms with Crippen LogP contribution in [0, 0.1) is 0 Å². The van der Waals surface area contributed by atoms with Crippen LogP contribution in [0.4, 0.5) is 0 Å². The lowest BCUT2D eigenvalue weighted by atomic mass is 10.1. The van der Waals surface area contributed by atoms with Gasteiger partial charge in [-0.25, -0.2) is 0 Å². The van der Waals surface area contributed by atoms with Gasteiger partial charge in [0.05, 0.1) is 0 Å². The second kappa shape index (κ2) is 49.5. The van der Waals surface area contributed by atoms with Crippen LogP contribution < -0.4 is 0 Å². The molecule has 0 rings (SSSR count). The summed E-state index contributed by atoms with van der Waals surface area (Å²) in [4.78, 5) is 37.9. The van der Waals surface area contributed by atoms with Crippen molar-refractivity contribution < 1.29 is 28.6 Å². The minimum atomic E-state index is -0.825. The highest BCUT2D eigenvalue weighted by atomic mass is 16.6. The van der Waals surface area contributed by atoms with Gasteiger partial charge in [-0.3, -0.25) is 14.4 Å². The first kappa shape index (κ1) is 57.8. The number of carbonyl (C=O) groups excluding carboxylic acids is 3. The molecule has 6 nitrogen and oxygen atoms in total. The van der Waals surface area contributed by atoms with Crippen molar-refractivity contribution in [1.29, 1.82) is 0 Å². The maximum atomic E-state index is 12.8. The van der Waals surface area contributed by atoms with Crippen LogP contribution in [0.3, 0.4) is 0 Å². The van der Waals surface area contributed by atoms with Crippen molar-refractivity contribution in [2.45, 2.75) is 200 Å². The van der Waals surface area contributed by atoms with Crippen molar-refractivity contribution >= 4 is 17.9 Å². The highest BCUT2D eigenvalue weighted by molar-refractivity contribution is 5.71. The predicted molar refractivity (Wildman–Crippen MR) is 265 cm³/mol. The van der Waals surface area contributed by atoms with Gasteiger partial charge in [-0.05, 0) is 77.0 Å². The number of unbranched alkanes of at least 4 members (excludes halogenated alkanes) is 18. The monoisotopic (exact) mass is 857 g/mol. The molecule has 0 aromatic rings. The Hall–Kier alpha value is -4.19. The standard InChI is InChI=1S/C56H88O6/c1-4-7-10-13-16-19-22-25-27-29-31-34-37-40-43-46-49-55(58)61-52-53(51-60-54(57)48-45-42-39-36-33-30-24-21-18-15-12-9-6-3)62-56(59)50-47-44-41-38-35-32-28-26-23-20-17-14-11-8-5-2/h8-9,11-12,14-15,17-18,20-21,23-24,26-30,33,36,39,53H,4-7,10,13,16,19,22,25,31-32,34-35,37-38,40-52H2,1-3H3/b11-8-,12-9-,17-14-,18-15-,23-20-,24-21-,28-26-,29-27-,33-30-,39-36-. The first-order valence-electron chi connectivity index (χ1n) is 24.7. The normalized spacial score (nSPS) is 13.1. The lowest BCUT2D eigenvalue weighted by Crippen LogP contribution is -2.30. The highest BCUT2D eigenvalue weighted by Crippen LogP contribution is 2.13. The van der Waals surface area contributed by atoms with Crippen LogP contribution in [0.2, 0.25) is 0 Å². The molecule has 1 unspecified atom stereocenters. The number of carbonyl (C=O) groups is 3. The van der Waals surface area contributed by atoms with Gasteiger partial charge in [0, 0.05) is 19.3 Å². The molecule has 0 amide bonds. The molecule has 348 valence electrons. The molecule has 0 aliphatic rings. The maximum absolute atomic E-state index is 12.8. The average molecular weight is 857 g/mol. The zero-order chi connectivity index (χ0) is 45.1. The third-order valence-electron chi connectivity index (χ3n) is 9.90. The zero-order valence-corrected chi connectivity index (χ0v) is 39.6. The summed E-state index contributed by atoms with van der Waals surface area (Å²) >= 11 is 0. The topological polar surface area (TPSA) is 78.9 Å². The molecule has 62 heavy (non-hydrogen) atoms. The van der Waals surface area contributed by atoms with Crippen LogP contribution in [0.1, 0.15) is 194 Å². The zero-order valence-electron chi connectivity index (χ0n) is 39.6. The Morgan fingerprint density at radius 1 is 0.339 bits per heavy atom. The molecule has 0 heterocycles. The van der Waals surface area contributed by atoms with E-state index in [2.05, 4.69) is 63.3 Å². The lowest BCUT2D eigenvalue weighted by molar-refractivity contribution is -0.167. The Morgan fingerprint density at radius 2 is 0.661 bits per heavy atom. The van der Waals surface area contributed by atoms with E-state index in [1.165, 1.54) is 57.8 Å². The number of allylic oxidation sites excluding steroid dienone is 20. The molecule has 1 atom stereocenters. The first-order chi connectivity index (χ1) is 30.5. The summed E-state index contributed by atoms with van der Waals surface area (Å²) in [6.07, 6.45) is 67.6. The Labute approximate surface area is 380 Å². The van der Waals surface area contributed by atoms with E-state index >= 15 is 0 Å². The Morgan fingerprint density at radius 3 is 1.10 bits per heavy atom. The van der Waals surface area contributed by atoms with Gasteiger partial charge in [0.25, 0.3) is 0 Å². The van der Waals surface area contributed by atoms with E-state index in [9.17, 15) is 14.4 Å². The van der Waals surface area contributed by atoms with E-state index in [-0.39, 0.29) is 44.0 Å². The van der Waals surface area contributed by atoms with E-state index in [1.54, 1.807) is 0 Å². The van der Waals surface area contributed by atoms with Gasteiger partial charge in [0.15, 0.2) is 6.10 Å². The second-order valence-corrected chi connectivity index (χ2v) is 15.8. The van der Waals surface area contributed by atoms with E-state index in [4.69, 9.17) is 14.2 Å². The smallest absolute Gasteiger partial charge is 0.306 e. The minimum Gasteiger partial charge on any atom is -0.462 e. The molecule has 0 aromatic heterocycles. The number of rotatable bonds is 42. The van der Waals surface area contributed by atoms with Gasteiger partial charge in [0.2, 0.25) is 0 Å². The quantitative estimate of drug-likeness (QED) is 0.0200. The predicted octanol–water partition coefficient (Wildman–Crippen LogP) is 16.1. The molecule has 0 saturated carbocycles. The van der Waals surface area contributed by atoms with E-state index in [0.717, 1.165) is 89.9 Å². The SMILES string of the molecule is CC\C=C/C=C\C=C/C=C\C=C/CCCC(=O)OCC(COC(=O)CCCCCCC/C=C\CCCCCCCCC)OC(=O)CCCCCCC\C=C/C=C\C=C/C=C\CC. The summed E-state index contributed by atoms with van der Waals surface area (Å²) in [5.41, 5.74) is 0. The van der Waals surface area contributed by atoms with Gasteiger partial charge in [-0.2, -0.15) is 0 Å². The molecule has 0 radical (unpaired) electrons.